The van der Waals surface area contributed by atoms with E-state index >= 15 is 0 Å². The molecule has 2 aliphatic carbocycles. The van der Waals surface area contributed by atoms with Gasteiger partial charge in [0, 0.05) is 55.5 Å². The van der Waals surface area contributed by atoms with E-state index in [4.69, 9.17) is 14.4 Å². The lowest BCUT2D eigenvalue weighted by atomic mass is 9.82. The maximum absolute atomic E-state index is 6.80. The average molecular weight is 935 g/mol. The summed E-state index contributed by atoms with van der Waals surface area (Å²) in [5.74, 6) is 1.50. The van der Waals surface area contributed by atoms with Crippen molar-refractivity contribution in [2.24, 2.45) is 0 Å². The van der Waals surface area contributed by atoms with Crippen molar-refractivity contribution in [3.8, 4) is 61.8 Å². The fraction of sp³-hybridized carbons (Fsp3) is 0.0588. The summed E-state index contributed by atoms with van der Waals surface area (Å²) >= 11 is 0. The van der Waals surface area contributed by atoms with Gasteiger partial charge >= 0.3 is 0 Å². The van der Waals surface area contributed by atoms with E-state index in [0.29, 0.717) is 5.82 Å². The number of anilines is 3. The molecule has 10 aromatic carbocycles. The molecule has 0 fully saturated rings. The smallest absolute Gasteiger partial charge is 0.162 e. The monoisotopic (exact) mass is 934 g/mol. The highest BCUT2D eigenvalue weighted by atomic mass is 16.3. The van der Waals surface area contributed by atoms with Crippen LogP contribution in [-0.4, -0.2) is 14.5 Å². The minimum Gasteiger partial charge on any atom is -0.454 e. The van der Waals surface area contributed by atoms with Crippen molar-refractivity contribution in [3.63, 3.8) is 0 Å². The Labute approximate surface area is 422 Å². The van der Waals surface area contributed by atoms with E-state index in [1.807, 2.05) is 12.1 Å². The van der Waals surface area contributed by atoms with Crippen LogP contribution >= 0.6 is 0 Å². The van der Waals surface area contributed by atoms with Gasteiger partial charge in [-0.1, -0.05) is 178 Å². The van der Waals surface area contributed by atoms with E-state index in [-0.39, 0.29) is 5.41 Å². The second kappa shape index (κ2) is 15.8. The molecule has 5 heteroatoms. The fourth-order valence-electron chi connectivity index (χ4n) is 12.1. The summed E-state index contributed by atoms with van der Waals surface area (Å²) in [5.41, 5.74) is 22.4. The number of aromatic nitrogens is 3. The second-order valence-electron chi connectivity index (χ2n) is 20.1. The minimum absolute atomic E-state index is 0.214. The Morgan fingerprint density at radius 3 is 1.96 bits per heavy atom. The SMILES string of the molecule is CC1(C)c2ccccc2-c2cc3c4cc(N(c5ccc(-c6ccccc6)cc5)c5cccc6c5oc5ccccc56)ccc4n(-c4cc(-c5ccc6c(c5)Cc5ccccc5-6)nc(-c5ccccc5)n4)c3cc21. The topological polar surface area (TPSA) is 47.1 Å². The molecular weight excluding hydrogens is 889 g/mol. The molecule has 15 rings (SSSR count). The first-order valence-electron chi connectivity index (χ1n) is 25.2. The molecule has 0 amide bonds. The van der Waals surface area contributed by atoms with Crippen LogP contribution in [0.2, 0.25) is 0 Å². The summed E-state index contributed by atoms with van der Waals surface area (Å²) in [4.78, 5) is 13.2. The first kappa shape index (κ1) is 41.5. The third kappa shape index (κ3) is 6.41. The normalized spacial score (nSPS) is 13.1. The van der Waals surface area contributed by atoms with E-state index in [9.17, 15) is 0 Å². The van der Waals surface area contributed by atoms with Gasteiger partial charge in [-0.05, 0) is 123 Å². The molecule has 2 aliphatic rings. The lowest BCUT2D eigenvalue weighted by Gasteiger charge is -2.26. The summed E-state index contributed by atoms with van der Waals surface area (Å²) in [7, 11) is 0. The Morgan fingerprint density at radius 1 is 0.438 bits per heavy atom. The number of hydrogen-bond donors (Lipinski definition) is 0. The molecule has 0 saturated carbocycles. The number of rotatable bonds is 7. The number of fused-ring (bicyclic) bond motifs is 12. The molecule has 0 spiro atoms. The fourth-order valence-corrected chi connectivity index (χ4v) is 12.1. The summed E-state index contributed by atoms with van der Waals surface area (Å²) in [5, 5.41) is 4.45. The molecular formula is C68H46N4O. The lowest BCUT2D eigenvalue weighted by molar-refractivity contribution is 0.661. The molecule has 3 heterocycles. The molecule has 344 valence electrons. The number of furan rings is 1. The molecule has 0 unspecified atom stereocenters. The average Bonchev–Trinajstić information content (AvgIpc) is 4.18. The van der Waals surface area contributed by atoms with Crippen molar-refractivity contribution in [2.45, 2.75) is 25.7 Å². The van der Waals surface area contributed by atoms with Gasteiger partial charge in [-0.2, -0.15) is 0 Å². The Balaban J connectivity index is 0.984. The quantitative estimate of drug-likeness (QED) is 0.160. The highest BCUT2D eigenvalue weighted by Gasteiger charge is 2.36. The van der Waals surface area contributed by atoms with Gasteiger partial charge in [0.25, 0.3) is 0 Å². The Bertz CT molecular complexity index is 4370. The van der Waals surface area contributed by atoms with Crippen LogP contribution in [-0.2, 0) is 11.8 Å². The van der Waals surface area contributed by atoms with Gasteiger partial charge in [0.15, 0.2) is 11.4 Å². The van der Waals surface area contributed by atoms with Crippen LogP contribution in [0.4, 0.5) is 17.1 Å². The Kier molecular flexibility index (Phi) is 9.00. The minimum atomic E-state index is -0.214. The number of para-hydroxylation sites is 2. The van der Waals surface area contributed by atoms with Crippen molar-refractivity contribution in [2.75, 3.05) is 4.90 Å². The standard InChI is InChI=1S/C68H46N4O/c1-68(2)58-25-13-11-22-52(58)55-39-57-56-38-49(71(48-31-28-43(29-32-48)42-16-5-3-6-17-42)62-26-15-24-54-53-23-12-14-27-64(53)73-66(54)62)33-35-61(56)72(63(57)40-59(55)68)65-41-60(69-67(70-65)44-18-7-4-8-19-44)46-30-34-51-47(37-46)36-45-20-9-10-21-50(45)51/h3-35,37-41H,36H2,1-2H3. The summed E-state index contributed by atoms with van der Waals surface area (Å²) < 4.78 is 9.18. The van der Waals surface area contributed by atoms with Gasteiger partial charge < -0.3 is 9.32 Å². The van der Waals surface area contributed by atoms with E-state index in [1.54, 1.807) is 0 Å². The van der Waals surface area contributed by atoms with E-state index in [0.717, 1.165) is 95.4 Å². The molecule has 5 nitrogen and oxygen atoms in total. The molecule has 73 heavy (non-hydrogen) atoms. The zero-order valence-electron chi connectivity index (χ0n) is 40.3. The third-order valence-corrected chi connectivity index (χ3v) is 15.6. The van der Waals surface area contributed by atoms with Gasteiger partial charge in [0.2, 0.25) is 0 Å². The van der Waals surface area contributed by atoms with Gasteiger partial charge in [-0.25, -0.2) is 9.97 Å². The van der Waals surface area contributed by atoms with E-state index in [1.165, 1.54) is 50.1 Å². The largest absolute Gasteiger partial charge is 0.454 e. The van der Waals surface area contributed by atoms with Crippen molar-refractivity contribution >= 4 is 60.8 Å². The van der Waals surface area contributed by atoms with Gasteiger partial charge in [-0.3, -0.25) is 4.57 Å². The van der Waals surface area contributed by atoms with Crippen LogP contribution in [0.3, 0.4) is 0 Å². The second-order valence-corrected chi connectivity index (χ2v) is 20.1. The predicted octanol–water partition coefficient (Wildman–Crippen LogP) is 17.8. The summed E-state index contributed by atoms with van der Waals surface area (Å²) in [6.07, 6.45) is 0.903. The summed E-state index contributed by atoms with van der Waals surface area (Å²) in [6, 6.07) is 83.2. The van der Waals surface area contributed by atoms with Crippen molar-refractivity contribution in [1.29, 1.82) is 0 Å². The number of hydrogen-bond acceptors (Lipinski definition) is 4. The first-order chi connectivity index (χ1) is 35.9. The van der Waals surface area contributed by atoms with E-state index in [2.05, 4.69) is 242 Å². The Hall–Kier alpha value is -9.32. The molecule has 0 saturated heterocycles. The highest BCUT2D eigenvalue weighted by Crippen LogP contribution is 2.52. The zero-order valence-corrected chi connectivity index (χ0v) is 40.3. The van der Waals surface area contributed by atoms with Gasteiger partial charge in [0.05, 0.1) is 22.4 Å². The third-order valence-electron chi connectivity index (χ3n) is 15.6. The number of benzene rings is 10. The highest BCUT2D eigenvalue weighted by molar-refractivity contribution is 6.14. The van der Waals surface area contributed by atoms with Crippen LogP contribution < -0.4 is 4.90 Å². The molecule has 13 aromatic rings. The van der Waals surface area contributed by atoms with E-state index < -0.39 is 0 Å². The summed E-state index contributed by atoms with van der Waals surface area (Å²) in [6.45, 7) is 4.72. The maximum Gasteiger partial charge on any atom is 0.162 e. The molecule has 3 aromatic heterocycles. The molecule has 0 radical (unpaired) electrons. The van der Waals surface area contributed by atoms with Crippen molar-refractivity contribution in [1.82, 2.24) is 14.5 Å². The van der Waals surface area contributed by atoms with Gasteiger partial charge in [-0.15, -0.1) is 0 Å². The maximum atomic E-state index is 6.80. The van der Waals surface area contributed by atoms with Crippen molar-refractivity contribution in [3.05, 3.63) is 253 Å². The van der Waals surface area contributed by atoms with Crippen molar-refractivity contribution < 1.29 is 4.42 Å². The first-order valence-corrected chi connectivity index (χ1v) is 25.2. The Morgan fingerprint density at radius 2 is 1.11 bits per heavy atom. The molecule has 0 bridgehead atoms. The zero-order chi connectivity index (χ0) is 48.4. The van der Waals surface area contributed by atoms with Crippen LogP contribution in [0.15, 0.2) is 235 Å². The lowest BCUT2D eigenvalue weighted by Crippen LogP contribution is -2.15. The van der Waals surface area contributed by atoms with Gasteiger partial charge in [0.1, 0.15) is 11.4 Å². The van der Waals surface area contributed by atoms with Crippen LogP contribution in [0.5, 0.6) is 0 Å². The molecule has 0 N–H and O–H groups in total. The van der Waals surface area contributed by atoms with Crippen LogP contribution in [0.1, 0.15) is 36.1 Å². The predicted molar refractivity (Wildman–Crippen MR) is 300 cm³/mol. The van der Waals surface area contributed by atoms with Crippen LogP contribution in [0.25, 0.3) is 106 Å². The molecule has 0 atom stereocenters. The molecule has 0 aliphatic heterocycles. The number of nitrogens with zero attached hydrogens (tertiary/aromatic N) is 4. The van der Waals surface area contributed by atoms with Crippen LogP contribution in [0, 0.1) is 0 Å².